The lowest BCUT2D eigenvalue weighted by molar-refractivity contribution is -0.133. The van der Waals surface area contributed by atoms with Gasteiger partial charge in [0.05, 0.1) is 5.75 Å². The van der Waals surface area contributed by atoms with Crippen LogP contribution in [0.15, 0.2) is 11.4 Å². The average molecular weight is 342 g/mol. The molecule has 0 aliphatic carbocycles. The van der Waals surface area contributed by atoms with Gasteiger partial charge in [-0.3, -0.25) is 4.79 Å². The van der Waals surface area contributed by atoms with E-state index in [1.807, 2.05) is 20.8 Å². The van der Waals surface area contributed by atoms with Gasteiger partial charge in [-0.2, -0.15) is 13.2 Å². The van der Waals surface area contributed by atoms with E-state index in [-0.39, 0.29) is 35.2 Å². The molecular weight excluding hydrogens is 325 g/mol. The Hall–Kier alpha value is -0.830. The Morgan fingerprint density at radius 2 is 2.00 bits per heavy atom. The predicted molar refractivity (Wildman–Crippen MR) is 77.8 cm³/mol. The molecule has 1 heterocycles. The molecule has 0 fully saturated rings. The molecule has 9 heteroatoms. The summed E-state index contributed by atoms with van der Waals surface area (Å²) >= 11 is 0.922. The molecule has 0 unspecified atom stereocenters. The number of rotatable bonds is 6. The average Bonchev–Trinajstić information content (AvgIpc) is 2.67. The number of alkyl halides is 3. The third-order valence-electron chi connectivity index (χ3n) is 2.49. The van der Waals surface area contributed by atoms with E-state index in [0.29, 0.717) is 5.16 Å². The molecule has 1 aromatic rings. The van der Waals surface area contributed by atoms with Crippen molar-refractivity contribution in [3.8, 4) is 0 Å². The van der Waals surface area contributed by atoms with Crippen molar-refractivity contribution in [2.45, 2.75) is 43.4 Å². The first-order valence-electron chi connectivity index (χ1n) is 6.12. The molecular formula is C12H17F3N2O2S2. The van der Waals surface area contributed by atoms with Crippen LogP contribution in [0.25, 0.3) is 0 Å². The predicted octanol–water partition coefficient (Wildman–Crippen LogP) is 3.61. The minimum atomic E-state index is -4.27. The molecule has 21 heavy (non-hydrogen) atoms. The molecule has 0 saturated heterocycles. The Bertz CT molecular complexity index is 496. The van der Waals surface area contributed by atoms with Gasteiger partial charge in [-0.25, -0.2) is 4.98 Å². The van der Waals surface area contributed by atoms with Crippen molar-refractivity contribution < 1.29 is 23.1 Å². The number of carboxylic acids is 1. The summed E-state index contributed by atoms with van der Waals surface area (Å²) in [5, 5.41) is 9.14. The van der Waals surface area contributed by atoms with Gasteiger partial charge in [-0.05, 0) is 11.8 Å². The third kappa shape index (κ3) is 6.21. The lowest BCUT2D eigenvalue weighted by atomic mass is 9.93. The minimum absolute atomic E-state index is 0.0900. The molecule has 0 aliphatic rings. The molecule has 0 bridgehead atoms. The lowest BCUT2D eigenvalue weighted by Crippen LogP contribution is -2.19. The summed E-state index contributed by atoms with van der Waals surface area (Å²) in [4.78, 5) is 14.8. The molecule has 0 atom stereocenters. The summed E-state index contributed by atoms with van der Waals surface area (Å²) in [7, 11) is 0. The van der Waals surface area contributed by atoms with Gasteiger partial charge < -0.3 is 9.67 Å². The largest absolute Gasteiger partial charge is 0.481 e. The highest BCUT2D eigenvalue weighted by Crippen LogP contribution is 2.32. The number of carboxylic acid groups (broad SMARTS) is 1. The molecule has 0 aromatic carbocycles. The van der Waals surface area contributed by atoms with Crippen LogP contribution in [0, 0.1) is 0 Å². The maximum atomic E-state index is 12.2. The molecule has 0 saturated carbocycles. The van der Waals surface area contributed by atoms with E-state index in [1.54, 1.807) is 10.8 Å². The number of thioether (sulfide) groups is 2. The van der Waals surface area contributed by atoms with Crippen molar-refractivity contribution in [2.75, 3.05) is 11.5 Å². The van der Waals surface area contributed by atoms with Gasteiger partial charge >= 0.3 is 11.5 Å². The highest BCUT2D eigenvalue weighted by Gasteiger charge is 2.28. The maximum absolute atomic E-state index is 12.2. The second kappa shape index (κ2) is 6.95. The Morgan fingerprint density at radius 1 is 1.38 bits per heavy atom. The van der Waals surface area contributed by atoms with Crippen LogP contribution in [-0.2, 0) is 16.8 Å². The molecule has 120 valence electrons. The van der Waals surface area contributed by atoms with Crippen LogP contribution in [-0.4, -0.2) is 37.6 Å². The third-order valence-corrected chi connectivity index (χ3v) is 4.18. The molecule has 1 aromatic heterocycles. The number of aliphatic carboxylic acids is 1. The summed E-state index contributed by atoms with van der Waals surface area (Å²) < 4.78 is 38.4. The van der Waals surface area contributed by atoms with Crippen LogP contribution in [0.3, 0.4) is 0 Å². The summed E-state index contributed by atoms with van der Waals surface area (Å²) in [5.41, 5.74) is -3.76. The first-order valence-corrected chi connectivity index (χ1v) is 8.09. The Labute approximate surface area is 129 Å². The Kier molecular flexibility index (Phi) is 6.03. The molecule has 1 N–H and O–H groups in total. The molecule has 0 amide bonds. The van der Waals surface area contributed by atoms with Crippen LogP contribution < -0.4 is 0 Å². The van der Waals surface area contributed by atoms with Gasteiger partial charge in [-0.15, -0.1) is 0 Å². The lowest BCUT2D eigenvalue weighted by Gasteiger charge is -2.21. The molecule has 1 rings (SSSR count). The van der Waals surface area contributed by atoms with E-state index in [2.05, 4.69) is 4.98 Å². The van der Waals surface area contributed by atoms with E-state index < -0.39 is 11.5 Å². The topological polar surface area (TPSA) is 55.1 Å². The van der Waals surface area contributed by atoms with Crippen LogP contribution in [0.1, 0.15) is 26.5 Å². The molecule has 4 nitrogen and oxygen atoms in total. The summed E-state index contributed by atoms with van der Waals surface area (Å²) in [6, 6.07) is 0. The van der Waals surface area contributed by atoms with Gasteiger partial charge in [0, 0.05) is 29.6 Å². The van der Waals surface area contributed by atoms with E-state index >= 15 is 0 Å². The first-order chi connectivity index (χ1) is 9.50. The number of halogens is 3. The van der Waals surface area contributed by atoms with Gasteiger partial charge in [0.2, 0.25) is 0 Å². The van der Waals surface area contributed by atoms with E-state index in [9.17, 15) is 18.0 Å². The van der Waals surface area contributed by atoms with Crippen molar-refractivity contribution in [2.24, 2.45) is 0 Å². The van der Waals surface area contributed by atoms with Crippen molar-refractivity contribution in [3.05, 3.63) is 11.9 Å². The summed E-state index contributed by atoms with van der Waals surface area (Å²) in [6.07, 6.45) is 1.60. The molecule has 0 spiro atoms. The number of hydrogen-bond acceptors (Lipinski definition) is 4. The first kappa shape index (κ1) is 18.2. The Morgan fingerprint density at radius 3 is 2.48 bits per heavy atom. The SMILES string of the molecule is CC(C)(C)c1cnc(SCC(=O)O)n1CCSC(F)(F)F. The number of nitrogens with zero attached hydrogens (tertiary/aromatic N) is 2. The highest BCUT2D eigenvalue weighted by molar-refractivity contribution is 8.00. The van der Waals surface area contributed by atoms with Crippen molar-refractivity contribution in [1.29, 1.82) is 0 Å². The minimum Gasteiger partial charge on any atom is -0.481 e. The number of hydrogen-bond donors (Lipinski definition) is 1. The van der Waals surface area contributed by atoms with Crippen LogP contribution in [0.2, 0.25) is 0 Å². The molecule has 0 aliphatic heterocycles. The second-order valence-corrected chi connectivity index (χ2v) is 7.41. The quantitative estimate of drug-likeness (QED) is 0.801. The van der Waals surface area contributed by atoms with Crippen LogP contribution >= 0.6 is 23.5 Å². The second-order valence-electron chi connectivity index (χ2n) is 5.30. The van der Waals surface area contributed by atoms with E-state index in [1.165, 1.54) is 0 Å². The number of imidazole rings is 1. The fourth-order valence-corrected chi connectivity index (χ4v) is 2.90. The zero-order chi connectivity index (χ0) is 16.3. The zero-order valence-electron chi connectivity index (χ0n) is 11.9. The van der Waals surface area contributed by atoms with Gasteiger partial charge in [0.25, 0.3) is 0 Å². The normalized spacial score (nSPS) is 12.7. The summed E-state index contributed by atoms with van der Waals surface area (Å²) in [5.74, 6) is -1.30. The fraction of sp³-hybridized carbons (Fsp3) is 0.667. The van der Waals surface area contributed by atoms with Crippen molar-refractivity contribution >= 4 is 29.5 Å². The smallest absolute Gasteiger partial charge is 0.441 e. The van der Waals surface area contributed by atoms with E-state index in [4.69, 9.17) is 5.11 Å². The van der Waals surface area contributed by atoms with Crippen LogP contribution in [0.5, 0.6) is 0 Å². The monoisotopic (exact) mass is 342 g/mol. The van der Waals surface area contributed by atoms with Gasteiger partial charge in [-0.1, -0.05) is 32.5 Å². The fourth-order valence-electron chi connectivity index (χ4n) is 1.67. The number of aromatic nitrogens is 2. The van der Waals surface area contributed by atoms with Gasteiger partial charge in [0.15, 0.2) is 5.16 Å². The maximum Gasteiger partial charge on any atom is 0.441 e. The van der Waals surface area contributed by atoms with Gasteiger partial charge in [0.1, 0.15) is 0 Å². The van der Waals surface area contributed by atoms with Crippen LogP contribution in [0.4, 0.5) is 13.2 Å². The molecule has 0 radical (unpaired) electrons. The Balaban J connectivity index is 2.89. The van der Waals surface area contributed by atoms with E-state index in [0.717, 1.165) is 17.5 Å². The van der Waals surface area contributed by atoms with Crippen molar-refractivity contribution in [1.82, 2.24) is 9.55 Å². The highest BCUT2D eigenvalue weighted by atomic mass is 32.2. The number of carbonyl (C=O) groups is 1. The van der Waals surface area contributed by atoms with Crippen molar-refractivity contribution in [3.63, 3.8) is 0 Å². The standard InChI is InChI=1S/C12H17F3N2O2S2/c1-11(2,3)8-6-16-10(20-7-9(18)19)17(8)4-5-21-12(13,14)15/h6H,4-5,7H2,1-3H3,(H,18,19). The summed E-state index contributed by atoms with van der Waals surface area (Å²) in [6.45, 7) is 5.94. The zero-order valence-corrected chi connectivity index (χ0v) is 13.5.